The molecule has 0 aromatic carbocycles. The predicted octanol–water partition coefficient (Wildman–Crippen LogP) is 2.08. The van der Waals surface area contributed by atoms with E-state index >= 15 is 0 Å². The summed E-state index contributed by atoms with van der Waals surface area (Å²) in [7, 11) is 0. The van der Waals surface area contributed by atoms with Gasteiger partial charge in [0, 0.05) is 12.8 Å². The minimum atomic E-state index is -0.970. The summed E-state index contributed by atoms with van der Waals surface area (Å²) in [4.78, 5) is 22.5. The Bertz CT molecular complexity index is 348. The Hall–Kier alpha value is -1.06. The highest BCUT2D eigenvalue weighted by atomic mass is 16.6. The molecule has 0 aromatic rings. The fraction of sp³-hybridized carbons (Fsp3) is 0.857. The fourth-order valence-corrected chi connectivity index (χ4v) is 4.93. The lowest BCUT2D eigenvalue weighted by molar-refractivity contribution is -0.178. The lowest BCUT2D eigenvalue weighted by Crippen LogP contribution is -2.52. The van der Waals surface area contributed by atoms with Crippen molar-refractivity contribution in [2.24, 2.45) is 29.6 Å². The van der Waals surface area contributed by atoms with Crippen LogP contribution in [0, 0.1) is 29.6 Å². The molecule has 4 bridgehead atoms. The molecule has 4 saturated carbocycles. The molecule has 4 heteroatoms. The lowest BCUT2D eigenvalue weighted by atomic mass is 9.51. The van der Waals surface area contributed by atoms with Crippen LogP contribution in [-0.2, 0) is 14.3 Å². The summed E-state index contributed by atoms with van der Waals surface area (Å²) in [6.07, 6.45) is 4.99. The molecule has 4 fully saturated rings. The third-order valence-electron chi connectivity index (χ3n) is 5.19. The molecular formula is C14H20O4. The number of esters is 1. The van der Waals surface area contributed by atoms with E-state index in [1.807, 2.05) is 0 Å². The Kier molecular flexibility index (Phi) is 2.83. The Morgan fingerprint density at radius 1 is 1.06 bits per heavy atom. The van der Waals surface area contributed by atoms with Crippen molar-refractivity contribution in [3.05, 3.63) is 0 Å². The summed E-state index contributed by atoms with van der Waals surface area (Å²) in [5, 5.41) is 9.33. The highest BCUT2D eigenvalue weighted by Crippen LogP contribution is 2.57. The summed E-state index contributed by atoms with van der Waals surface area (Å²) in [6.45, 7) is 1.30. The molecule has 0 heterocycles. The largest absolute Gasteiger partial charge is 0.478 e. The molecule has 0 amide bonds. The van der Waals surface area contributed by atoms with Gasteiger partial charge in [-0.2, -0.15) is 0 Å². The van der Waals surface area contributed by atoms with Crippen LogP contribution in [0.4, 0.5) is 0 Å². The van der Waals surface area contributed by atoms with Crippen molar-refractivity contribution in [2.45, 2.75) is 45.1 Å². The number of aliphatic carboxylic acids is 1. The Morgan fingerprint density at radius 3 is 1.94 bits per heavy atom. The number of hydrogen-bond acceptors (Lipinski definition) is 3. The van der Waals surface area contributed by atoms with Gasteiger partial charge in [0.15, 0.2) is 0 Å². The van der Waals surface area contributed by atoms with Crippen molar-refractivity contribution in [3.8, 4) is 0 Å². The summed E-state index contributed by atoms with van der Waals surface area (Å²) < 4.78 is 5.10. The minimum absolute atomic E-state index is 0.0548. The van der Waals surface area contributed by atoms with Gasteiger partial charge in [-0.05, 0) is 55.8 Å². The smallest absolute Gasteiger partial charge is 0.345 e. The van der Waals surface area contributed by atoms with E-state index in [1.165, 1.54) is 13.3 Å². The third-order valence-corrected chi connectivity index (χ3v) is 5.19. The van der Waals surface area contributed by atoms with E-state index in [0.717, 1.165) is 37.5 Å². The molecule has 1 N–H and O–H groups in total. The van der Waals surface area contributed by atoms with Crippen molar-refractivity contribution in [1.29, 1.82) is 0 Å². The topological polar surface area (TPSA) is 63.6 Å². The molecule has 0 saturated heterocycles. The second kappa shape index (κ2) is 4.25. The van der Waals surface area contributed by atoms with E-state index in [2.05, 4.69) is 0 Å². The van der Waals surface area contributed by atoms with Crippen LogP contribution in [-0.4, -0.2) is 23.1 Å². The molecular weight excluding hydrogens is 232 g/mol. The van der Waals surface area contributed by atoms with E-state index in [4.69, 9.17) is 4.74 Å². The zero-order valence-electron chi connectivity index (χ0n) is 10.7. The van der Waals surface area contributed by atoms with Gasteiger partial charge in [-0.3, -0.25) is 4.79 Å². The van der Waals surface area contributed by atoms with E-state index in [1.54, 1.807) is 0 Å². The first kappa shape index (κ1) is 12.0. The van der Waals surface area contributed by atoms with Crippen LogP contribution in [0.1, 0.15) is 39.0 Å². The maximum atomic E-state index is 11.4. The van der Waals surface area contributed by atoms with Gasteiger partial charge in [-0.1, -0.05) is 0 Å². The second-order valence-corrected chi connectivity index (χ2v) is 6.38. The van der Waals surface area contributed by atoms with E-state index in [0.29, 0.717) is 11.8 Å². The van der Waals surface area contributed by atoms with E-state index in [-0.39, 0.29) is 5.92 Å². The Labute approximate surface area is 107 Å². The monoisotopic (exact) mass is 252 g/mol. The molecule has 100 valence electrons. The number of carboxylic acid groups (broad SMARTS) is 1. The molecule has 0 aliphatic heterocycles. The molecule has 0 spiro atoms. The van der Waals surface area contributed by atoms with Crippen LogP contribution in [0.15, 0.2) is 0 Å². The highest BCUT2D eigenvalue weighted by Gasteiger charge is 2.53. The van der Waals surface area contributed by atoms with Gasteiger partial charge < -0.3 is 9.84 Å². The van der Waals surface area contributed by atoms with Gasteiger partial charge in [0.25, 0.3) is 0 Å². The summed E-state index contributed by atoms with van der Waals surface area (Å²) in [5.74, 6) is 1.13. The minimum Gasteiger partial charge on any atom is -0.478 e. The molecule has 0 radical (unpaired) electrons. The quantitative estimate of drug-likeness (QED) is 0.781. The van der Waals surface area contributed by atoms with Crippen molar-refractivity contribution < 1.29 is 19.4 Å². The maximum Gasteiger partial charge on any atom is 0.345 e. The lowest BCUT2D eigenvalue weighted by Gasteiger charge is -2.55. The number of carbonyl (C=O) groups excluding carboxylic acids is 1. The van der Waals surface area contributed by atoms with E-state index < -0.39 is 18.0 Å². The first-order valence-electron chi connectivity index (χ1n) is 6.94. The van der Waals surface area contributed by atoms with Crippen LogP contribution in [0.25, 0.3) is 0 Å². The molecule has 0 aromatic heterocycles. The van der Waals surface area contributed by atoms with Gasteiger partial charge in [0.1, 0.15) is 0 Å². The maximum absolute atomic E-state index is 11.4. The average Bonchev–Trinajstić information content (AvgIpc) is 2.25. The van der Waals surface area contributed by atoms with Gasteiger partial charge in [0.2, 0.25) is 6.10 Å². The third kappa shape index (κ3) is 1.91. The van der Waals surface area contributed by atoms with Gasteiger partial charge in [-0.25, -0.2) is 4.79 Å². The summed E-state index contributed by atoms with van der Waals surface area (Å²) in [5.41, 5.74) is 0. The Balaban J connectivity index is 1.81. The van der Waals surface area contributed by atoms with Gasteiger partial charge in [0.05, 0.1) is 0 Å². The van der Waals surface area contributed by atoms with Crippen LogP contribution in [0.5, 0.6) is 0 Å². The SMILES string of the molecule is CC(=O)OC(C(=O)O)C1C2CC3CC(C2)CC1C3. The van der Waals surface area contributed by atoms with Crippen molar-refractivity contribution in [3.63, 3.8) is 0 Å². The molecule has 4 aliphatic rings. The molecule has 4 rings (SSSR count). The number of ether oxygens (including phenoxy) is 1. The van der Waals surface area contributed by atoms with Crippen LogP contribution in [0.3, 0.4) is 0 Å². The number of carboxylic acids is 1. The average molecular weight is 252 g/mol. The first-order chi connectivity index (χ1) is 8.54. The zero-order valence-corrected chi connectivity index (χ0v) is 10.7. The molecule has 4 nitrogen and oxygen atoms in total. The van der Waals surface area contributed by atoms with Crippen molar-refractivity contribution in [1.82, 2.24) is 0 Å². The standard InChI is InChI=1S/C14H20O4/c1-7(15)18-13(14(16)17)12-10-3-8-2-9(5-10)6-11(12)4-8/h8-13H,2-6H2,1H3,(H,16,17). The highest BCUT2D eigenvalue weighted by molar-refractivity contribution is 5.77. The molecule has 1 atom stereocenters. The zero-order chi connectivity index (χ0) is 12.9. The number of hydrogen-bond donors (Lipinski definition) is 1. The van der Waals surface area contributed by atoms with Crippen LogP contribution in [0.2, 0.25) is 0 Å². The number of rotatable bonds is 3. The first-order valence-corrected chi connectivity index (χ1v) is 6.94. The summed E-state index contributed by atoms with van der Waals surface area (Å²) in [6, 6.07) is 0. The van der Waals surface area contributed by atoms with E-state index in [9.17, 15) is 14.7 Å². The fourth-order valence-electron chi connectivity index (χ4n) is 4.93. The number of carbonyl (C=O) groups is 2. The molecule has 18 heavy (non-hydrogen) atoms. The summed E-state index contributed by atoms with van der Waals surface area (Å²) >= 11 is 0. The van der Waals surface area contributed by atoms with Crippen molar-refractivity contribution >= 4 is 11.9 Å². The second-order valence-electron chi connectivity index (χ2n) is 6.38. The van der Waals surface area contributed by atoms with Crippen molar-refractivity contribution in [2.75, 3.05) is 0 Å². The Morgan fingerprint density at radius 2 is 1.56 bits per heavy atom. The van der Waals surface area contributed by atoms with Crippen LogP contribution < -0.4 is 0 Å². The van der Waals surface area contributed by atoms with Crippen LogP contribution >= 0.6 is 0 Å². The predicted molar refractivity (Wildman–Crippen MR) is 63.7 cm³/mol. The molecule has 4 aliphatic carbocycles. The van der Waals surface area contributed by atoms with Gasteiger partial charge in [-0.15, -0.1) is 0 Å². The van der Waals surface area contributed by atoms with Gasteiger partial charge >= 0.3 is 11.9 Å². The molecule has 1 unspecified atom stereocenters. The normalized spacial score (nSPS) is 42.6.